The van der Waals surface area contributed by atoms with Crippen molar-refractivity contribution in [3.05, 3.63) is 64.8 Å². The van der Waals surface area contributed by atoms with Crippen LogP contribution in [0.2, 0.25) is 10.0 Å². The van der Waals surface area contributed by atoms with E-state index >= 15 is 0 Å². The van der Waals surface area contributed by atoms with Gasteiger partial charge in [0, 0.05) is 61.7 Å². The number of benzene rings is 2. The van der Waals surface area contributed by atoms with Gasteiger partial charge in [-0.25, -0.2) is 18.4 Å². The van der Waals surface area contributed by atoms with Gasteiger partial charge >= 0.3 is 0 Å². The molecule has 2 aliphatic heterocycles. The lowest BCUT2D eigenvalue weighted by atomic mass is 10.1. The number of nitrogens with zero attached hydrogens (tertiary/aromatic N) is 5. The molecule has 0 unspecified atom stereocenters. The Morgan fingerprint density at radius 3 is 2.23 bits per heavy atom. The highest BCUT2D eigenvalue weighted by molar-refractivity contribution is 7.89. The standard InChI is InChI=1S/C24H25Cl2N5O3S/c25-19-3-6-23(21(26)17-19)35(32,33)31-11-9-30(10-12-31)24-27-8-7-22(28-24)18-1-4-20(5-2-18)29-13-15-34-16-14-29/h1-8,17H,9-16H2. The minimum Gasteiger partial charge on any atom is -0.378 e. The van der Waals surface area contributed by atoms with Crippen LogP contribution in [-0.2, 0) is 14.8 Å². The third-order valence-corrected chi connectivity index (χ3v) is 8.83. The number of ether oxygens (including phenoxy) is 1. The molecule has 0 atom stereocenters. The lowest BCUT2D eigenvalue weighted by Gasteiger charge is -2.34. The molecule has 1 aromatic heterocycles. The summed E-state index contributed by atoms with van der Waals surface area (Å²) < 4.78 is 33.0. The van der Waals surface area contributed by atoms with Gasteiger partial charge in [-0.3, -0.25) is 0 Å². The van der Waals surface area contributed by atoms with Crippen molar-refractivity contribution >= 4 is 44.9 Å². The molecule has 3 aromatic rings. The molecule has 2 saturated heterocycles. The van der Waals surface area contributed by atoms with Crippen LogP contribution in [0.3, 0.4) is 0 Å². The molecule has 2 fully saturated rings. The Balaban J connectivity index is 1.27. The molecule has 0 saturated carbocycles. The van der Waals surface area contributed by atoms with Gasteiger partial charge in [-0.15, -0.1) is 0 Å². The third-order valence-electron chi connectivity index (χ3n) is 6.22. The second-order valence-electron chi connectivity index (χ2n) is 8.35. The number of rotatable bonds is 5. The minimum absolute atomic E-state index is 0.0655. The Kier molecular flexibility index (Phi) is 7.13. The first kappa shape index (κ1) is 24.3. The summed E-state index contributed by atoms with van der Waals surface area (Å²) >= 11 is 12.1. The zero-order valence-electron chi connectivity index (χ0n) is 19.0. The number of morpholine rings is 1. The zero-order chi connectivity index (χ0) is 24.4. The Morgan fingerprint density at radius 1 is 0.829 bits per heavy atom. The molecule has 35 heavy (non-hydrogen) atoms. The highest BCUT2D eigenvalue weighted by atomic mass is 35.5. The number of anilines is 2. The summed E-state index contributed by atoms with van der Waals surface area (Å²) in [6.07, 6.45) is 1.74. The maximum atomic E-state index is 13.1. The summed E-state index contributed by atoms with van der Waals surface area (Å²) in [5.74, 6) is 0.585. The lowest BCUT2D eigenvalue weighted by molar-refractivity contribution is 0.122. The molecule has 11 heteroatoms. The average Bonchev–Trinajstić information content (AvgIpc) is 2.89. The van der Waals surface area contributed by atoms with E-state index in [9.17, 15) is 8.42 Å². The van der Waals surface area contributed by atoms with Crippen molar-refractivity contribution in [2.24, 2.45) is 0 Å². The summed E-state index contributed by atoms with van der Waals surface area (Å²) in [5.41, 5.74) is 3.00. The van der Waals surface area contributed by atoms with Crippen LogP contribution in [0.1, 0.15) is 0 Å². The maximum Gasteiger partial charge on any atom is 0.244 e. The van der Waals surface area contributed by atoms with Crippen molar-refractivity contribution in [3.63, 3.8) is 0 Å². The van der Waals surface area contributed by atoms with Gasteiger partial charge in [0.15, 0.2) is 0 Å². The molecule has 2 aromatic carbocycles. The van der Waals surface area contributed by atoms with Gasteiger partial charge in [0.25, 0.3) is 0 Å². The summed E-state index contributed by atoms with van der Waals surface area (Å²) in [5, 5.41) is 0.516. The third kappa shape index (κ3) is 5.24. The Hall–Kier alpha value is -2.43. The molecule has 2 aliphatic rings. The SMILES string of the molecule is O=S(=O)(c1ccc(Cl)cc1Cl)N1CCN(c2nccc(-c3ccc(N4CCOCC4)cc3)n2)CC1. The van der Waals surface area contributed by atoms with Gasteiger partial charge < -0.3 is 14.5 Å². The van der Waals surface area contributed by atoms with Crippen molar-refractivity contribution < 1.29 is 13.2 Å². The van der Waals surface area contributed by atoms with E-state index < -0.39 is 10.0 Å². The molecule has 0 aliphatic carbocycles. The molecule has 0 spiro atoms. The summed E-state index contributed by atoms with van der Waals surface area (Å²) in [4.78, 5) is 13.6. The lowest BCUT2D eigenvalue weighted by Crippen LogP contribution is -2.49. The van der Waals surface area contributed by atoms with Crippen LogP contribution < -0.4 is 9.80 Å². The first-order valence-corrected chi connectivity index (χ1v) is 13.6. The van der Waals surface area contributed by atoms with E-state index in [4.69, 9.17) is 32.9 Å². The van der Waals surface area contributed by atoms with Crippen molar-refractivity contribution in [2.75, 3.05) is 62.3 Å². The van der Waals surface area contributed by atoms with E-state index in [1.165, 1.54) is 28.2 Å². The molecular formula is C24H25Cl2N5O3S. The number of aromatic nitrogens is 2. The van der Waals surface area contributed by atoms with E-state index in [-0.39, 0.29) is 9.92 Å². The smallest absolute Gasteiger partial charge is 0.244 e. The minimum atomic E-state index is -3.72. The van der Waals surface area contributed by atoms with Crippen LogP contribution in [0.25, 0.3) is 11.3 Å². The maximum absolute atomic E-state index is 13.1. The molecule has 0 bridgehead atoms. The normalized spacial score (nSPS) is 17.5. The quantitative estimate of drug-likeness (QED) is 0.493. The van der Waals surface area contributed by atoms with E-state index in [2.05, 4.69) is 34.1 Å². The van der Waals surface area contributed by atoms with Gasteiger partial charge in [-0.1, -0.05) is 35.3 Å². The van der Waals surface area contributed by atoms with Gasteiger partial charge in [-0.05, 0) is 36.4 Å². The first-order valence-electron chi connectivity index (χ1n) is 11.4. The fourth-order valence-corrected chi connectivity index (χ4v) is 6.45. The molecule has 0 radical (unpaired) electrons. The number of halogens is 2. The van der Waals surface area contributed by atoms with E-state index in [1.54, 1.807) is 6.20 Å². The predicted octanol–water partition coefficient (Wildman–Crippen LogP) is 3.80. The highest BCUT2D eigenvalue weighted by Gasteiger charge is 2.31. The van der Waals surface area contributed by atoms with Crippen LogP contribution >= 0.6 is 23.2 Å². The van der Waals surface area contributed by atoms with Gasteiger partial charge in [0.2, 0.25) is 16.0 Å². The predicted molar refractivity (Wildman–Crippen MR) is 138 cm³/mol. The van der Waals surface area contributed by atoms with Gasteiger partial charge in [-0.2, -0.15) is 4.31 Å². The monoisotopic (exact) mass is 533 g/mol. The summed E-state index contributed by atoms with van der Waals surface area (Å²) in [7, 11) is -3.72. The molecule has 3 heterocycles. The van der Waals surface area contributed by atoms with Crippen LogP contribution in [0.15, 0.2) is 59.6 Å². The van der Waals surface area contributed by atoms with Crippen molar-refractivity contribution in [2.45, 2.75) is 4.90 Å². The second kappa shape index (κ2) is 10.3. The van der Waals surface area contributed by atoms with Crippen LogP contribution in [-0.4, -0.2) is 75.2 Å². The van der Waals surface area contributed by atoms with Crippen LogP contribution in [0, 0.1) is 0 Å². The van der Waals surface area contributed by atoms with E-state index in [1.807, 2.05) is 11.0 Å². The van der Waals surface area contributed by atoms with E-state index in [0.717, 1.165) is 37.6 Å². The van der Waals surface area contributed by atoms with E-state index in [0.29, 0.717) is 37.1 Å². The number of hydrogen-bond acceptors (Lipinski definition) is 7. The van der Waals surface area contributed by atoms with Crippen molar-refractivity contribution in [1.29, 1.82) is 0 Å². The number of sulfonamides is 1. The molecule has 0 amide bonds. The summed E-state index contributed by atoms with van der Waals surface area (Å²) in [6, 6.07) is 14.7. The fourth-order valence-electron chi connectivity index (χ4n) is 4.28. The topological polar surface area (TPSA) is 78.9 Å². The van der Waals surface area contributed by atoms with Crippen LogP contribution in [0.5, 0.6) is 0 Å². The molecular weight excluding hydrogens is 509 g/mol. The Labute approximate surface area is 215 Å². The molecule has 8 nitrogen and oxygen atoms in total. The highest BCUT2D eigenvalue weighted by Crippen LogP contribution is 2.29. The first-order chi connectivity index (χ1) is 16.9. The van der Waals surface area contributed by atoms with Gasteiger partial charge in [0.1, 0.15) is 4.90 Å². The fraction of sp³-hybridized carbons (Fsp3) is 0.333. The molecule has 184 valence electrons. The van der Waals surface area contributed by atoms with Crippen molar-refractivity contribution in [1.82, 2.24) is 14.3 Å². The van der Waals surface area contributed by atoms with Crippen molar-refractivity contribution in [3.8, 4) is 11.3 Å². The van der Waals surface area contributed by atoms with Crippen LogP contribution in [0.4, 0.5) is 11.6 Å². The molecule has 0 N–H and O–H groups in total. The zero-order valence-corrected chi connectivity index (χ0v) is 21.3. The second-order valence-corrected chi connectivity index (χ2v) is 11.1. The van der Waals surface area contributed by atoms with Gasteiger partial charge in [0.05, 0.1) is 23.9 Å². The largest absolute Gasteiger partial charge is 0.378 e. The Morgan fingerprint density at radius 2 is 1.54 bits per heavy atom. The molecule has 5 rings (SSSR count). The average molecular weight is 534 g/mol. The Bertz CT molecular complexity index is 1290. The number of hydrogen-bond donors (Lipinski definition) is 0. The number of piperazine rings is 1. The summed E-state index contributed by atoms with van der Waals surface area (Å²) in [6.45, 7) is 4.85.